The predicted octanol–water partition coefficient (Wildman–Crippen LogP) is 1.85. The molecule has 0 aromatic rings. The molecule has 0 bridgehead atoms. The summed E-state index contributed by atoms with van der Waals surface area (Å²) in [4.78, 5) is 16.8. The number of hydrogen-bond donors (Lipinski definition) is 1. The molecule has 1 amide bonds. The zero-order valence-electron chi connectivity index (χ0n) is 13.5. The van der Waals surface area contributed by atoms with E-state index in [1.807, 2.05) is 4.90 Å². The number of rotatable bonds is 4. The van der Waals surface area contributed by atoms with E-state index in [1.165, 1.54) is 32.1 Å². The Morgan fingerprint density at radius 2 is 1.75 bits per heavy atom. The third-order valence-electron chi connectivity index (χ3n) is 4.41. The van der Waals surface area contributed by atoms with Gasteiger partial charge in [-0.15, -0.1) is 0 Å². The van der Waals surface area contributed by atoms with Crippen LogP contribution in [0.25, 0.3) is 0 Å². The van der Waals surface area contributed by atoms with Crippen LogP contribution < -0.4 is 5.32 Å². The molecule has 1 N–H and O–H groups in total. The Morgan fingerprint density at radius 3 is 2.40 bits per heavy atom. The molecular formula is C16H31N3O. The minimum Gasteiger partial charge on any atom is -0.342 e. The van der Waals surface area contributed by atoms with Gasteiger partial charge >= 0.3 is 0 Å². The van der Waals surface area contributed by atoms with Gasteiger partial charge in [-0.1, -0.05) is 6.42 Å². The van der Waals surface area contributed by atoms with Crippen molar-refractivity contribution in [1.29, 1.82) is 0 Å². The average Bonchev–Trinajstić information content (AvgIpc) is 2.90. The highest BCUT2D eigenvalue weighted by atomic mass is 16.2. The molecule has 0 radical (unpaired) electrons. The summed E-state index contributed by atoms with van der Waals surface area (Å²) < 4.78 is 0. The number of nitrogens with zero attached hydrogens (tertiary/aromatic N) is 2. The zero-order chi connectivity index (χ0) is 14.6. The zero-order valence-corrected chi connectivity index (χ0v) is 13.5. The van der Waals surface area contributed by atoms with Crippen LogP contribution in [0.3, 0.4) is 0 Å². The van der Waals surface area contributed by atoms with Gasteiger partial charge in [0.05, 0.1) is 6.54 Å². The van der Waals surface area contributed by atoms with E-state index in [0.29, 0.717) is 18.5 Å². The van der Waals surface area contributed by atoms with Gasteiger partial charge in [0.2, 0.25) is 5.91 Å². The Morgan fingerprint density at radius 1 is 1.10 bits per heavy atom. The maximum absolute atomic E-state index is 12.3. The second kappa shape index (κ2) is 6.90. The maximum Gasteiger partial charge on any atom is 0.236 e. The molecule has 2 aliphatic rings. The third kappa shape index (κ3) is 4.74. The number of carbonyl (C=O) groups is 1. The third-order valence-corrected chi connectivity index (χ3v) is 4.41. The fourth-order valence-corrected chi connectivity index (χ4v) is 3.16. The normalized spacial score (nSPS) is 25.1. The Kier molecular flexibility index (Phi) is 5.44. The van der Waals surface area contributed by atoms with Crippen LogP contribution in [-0.2, 0) is 4.79 Å². The van der Waals surface area contributed by atoms with E-state index in [-0.39, 0.29) is 5.54 Å². The summed E-state index contributed by atoms with van der Waals surface area (Å²) in [5, 5.41) is 3.60. The number of carbonyl (C=O) groups excluding carboxylic acids is 1. The van der Waals surface area contributed by atoms with Gasteiger partial charge < -0.3 is 10.2 Å². The van der Waals surface area contributed by atoms with Crippen molar-refractivity contribution in [3.63, 3.8) is 0 Å². The number of amides is 1. The average molecular weight is 281 g/mol. The van der Waals surface area contributed by atoms with E-state index in [2.05, 4.69) is 31.0 Å². The maximum atomic E-state index is 12.3. The Balaban J connectivity index is 1.84. The molecule has 0 aromatic carbocycles. The Labute approximate surface area is 123 Å². The highest BCUT2D eigenvalue weighted by Crippen LogP contribution is 2.18. The smallest absolute Gasteiger partial charge is 0.236 e. The van der Waals surface area contributed by atoms with Crippen LogP contribution in [0.5, 0.6) is 0 Å². The Bertz CT molecular complexity index is 318. The first-order chi connectivity index (χ1) is 9.46. The van der Waals surface area contributed by atoms with E-state index in [4.69, 9.17) is 0 Å². The van der Waals surface area contributed by atoms with E-state index in [1.54, 1.807) is 0 Å². The number of nitrogens with one attached hydrogen (secondary N) is 1. The molecule has 2 heterocycles. The lowest BCUT2D eigenvalue weighted by molar-refractivity contribution is -0.132. The van der Waals surface area contributed by atoms with Gasteiger partial charge in [-0.2, -0.15) is 0 Å². The molecule has 1 atom stereocenters. The van der Waals surface area contributed by atoms with Crippen molar-refractivity contribution in [2.75, 3.05) is 32.7 Å². The SMILES string of the molecule is CC(C)(C)NCC1CCCCN1CC(=O)N1CCCC1. The number of hydrogen-bond acceptors (Lipinski definition) is 3. The lowest BCUT2D eigenvalue weighted by Crippen LogP contribution is -2.52. The molecule has 20 heavy (non-hydrogen) atoms. The van der Waals surface area contributed by atoms with Crippen LogP contribution >= 0.6 is 0 Å². The van der Waals surface area contributed by atoms with Gasteiger partial charge in [-0.3, -0.25) is 9.69 Å². The van der Waals surface area contributed by atoms with Gasteiger partial charge in [0.1, 0.15) is 0 Å². The second-order valence-electron chi connectivity index (χ2n) is 7.34. The molecule has 2 aliphatic heterocycles. The van der Waals surface area contributed by atoms with Crippen LogP contribution in [0.1, 0.15) is 52.9 Å². The van der Waals surface area contributed by atoms with E-state index in [0.717, 1.165) is 26.2 Å². The molecule has 1 unspecified atom stereocenters. The molecule has 2 rings (SSSR count). The summed E-state index contributed by atoms with van der Waals surface area (Å²) in [6.45, 7) is 11.2. The van der Waals surface area contributed by atoms with Crippen LogP contribution in [-0.4, -0.2) is 60.0 Å². The lowest BCUT2D eigenvalue weighted by Gasteiger charge is -2.37. The minimum atomic E-state index is 0.155. The number of piperidine rings is 1. The molecule has 4 nitrogen and oxygen atoms in total. The minimum absolute atomic E-state index is 0.155. The van der Waals surface area contributed by atoms with Crippen molar-refractivity contribution in [3.8, 4) is 0 Å². The van der Waals surface area contributed by atoms with Crippen LogP contribution in [0.4, 0.5) is 0 Å². The molecule has 0 aliphatic carbocycles. The van der Waals surface area contributed by atoms with E-state index in [9.17, 15) is 4.79 Å². The van der Waals surface area contributed by atoms with Gasteiger partial charge in [0.15, 0.2) is 0 Å². The molecule has 0 spiro atoms. The first-order valence-electron chi connectivity index (χ1n) is 8.22. The first-order valence-corrected chi connectivity index (χ1v) is 8.22. The van der Waals surface area contributed by atoms with E-state index < -0.39 is 0 Å². The summed E-state index contributed by atoms with van der Waals surface area (Å²) in [5.41, 5.74) is 0.155. The van der Waals surface area contributed by atoms with Crippen molar-refractivity contribution in [3.05, 3.63) is 0 Å². The standard InChI is InChI=1S/C16H31N3O/c1-16(2,3)17-12-14-8-4-5-11-19(14)13-15(20)18-9-6-7-10-18/h14,17H,4-13H2,1-3H3. The van der Waals surface area contributed by atoms with Crippen molar-refractivity contribution >= 4 is 5.91 Å². The van der Waals surface area contributed by atoms with Crippen LogP contribution in [0.15, 0.2) is 0 Å². The van der Waals surface area contributed by atoms with Gasteiger partial charge in [0.25, 0.3) is 0 Å². The first kappa shape index (κ1) is 15.8. The Hall–Kier alpha value is -0.610. The predicted molar refractivity (Wildman–Crippen MR) is 82.8 cm³/mol. The number of likely N-dealkylation sites (tertiary alicyclic amines) is 2. The van der Waals surface area contributed by atoms with Crippen LogP contribution in [0, 0.1) is 0 Å². The highest BCUT2D eigenvalue weighted by molar-refractivity contribution is 5.78. The highest BCUT2D eigenvalue weighted by Gasteiger charge is 2.27. The van der Waals surface area contributed by atoms with E-state index >= 15 is 0 Å². The fraction of sp³-hybridized carbons (Fsp3) is 0.938. The van der Waals surface area contributed by atoms with Crippen LogP contribution in [0.2, 0.25) is 0 Å². The monoisotopic (exact) mass is 281 g/mol. The molecule has 0 aromatic heterocycles. The summed E-state index contributed by atoms with van der Waals surface area (Å²) >= 11 is 0. The van der Waals surface area contributed by atoms with Crippen molar-refractivity contribution in [2.45, 2.75) is 64.5 Å². The summed E-state index contributed by atoms with van der Waals surface area (Å²) in [6, 6.07) is 0.523. The molecule has 4 heteroatoms. The lowest BCUT2D eigenvalue weighted by atomic mass is 10.0. The topological polar surface area (TPSA) is 35.6 Å². The second-order valence-corrected chi connectivity index (χ2v) is 7.34. The quantitative estimate of drug-likeness (QED) is 0.854. The van der Waals surface area contributed by atoms with Crippen molar-refractivity contribution in [2.24, 2.45) is 0 Å². The van der Waals surface area contributed by atoms with Gasteiger partial charge in [-0.05, 0) is 53.0 Å². The summed E-state index contributed by atoms with van der Waals surface area (Å²) in [6.07, 6.45) is 6.11. The molecule has 2 saturated heterocycles. The van der Waals surface area contributed by atoms with Crippen molar-refractivity contribution in [1.82, 2.24) is 15.1 Å². The molecule has 0 saturated carbocycles. The molecule has 2 fully saturated rings. The molecular weight excluding hydrogens is 250 g/mol. The van der Waals surface area contributed by atoms with Crippen molar-refractivity contribution < 1.29 is 4.79 Å². The molecule has 116 valence electrons. The fourth-order valence-electron chi connectivity index (χ4n) is 3.16. The summed E-state index contributed by atoms with van der Waals surface area (Å²) in [7, 11) is 0. The largest absolute Gasteiger partial charge is 0.342 e. The van der Waals surface area contributed by atoms with Gasteiger partial charge in [0, 0.05) is 31.2 Å². The van der Waals surface area contributed by atoms with Gasteiger partial charge in [-0.25, -0.2) is 0 Å². The summed E-state index contributed by atoms with van der Waals surface area (Å²) in [5.74, 6) is 0.338.